The largest absolute Gasteiger partial charge is 0.342 e. The lowest BCUT2D eigenvalue weighted by molar-refractivity contribution is -0.131. The third-order valence-corrected chi connectivity index (χ3v) is 5.21. The highest BCUT2D eigenvalue weighted by molar-refractivity contribution is 7.98. The van der Waals surface area contributed by atoms with Crippen LogP contribution in [0.5, 0.6) is 0 Å². The molecular formula is C18H23N3OS. The topological polar surface area (TPSA) is 38.1 Å². The number of likely N-dealkylation sites (tertiary alicyclic amines) is 1. The van der Waals surface area contributed by atoms with Crippen LogP contribution in [0.15, 0.2) is 41.6 Å². The number of benzene rings is 1. The average Bonchev–Trinajstić information content (AvgIpc) is 3.01. The number of piperidine rings is 1. The Morgan fingerprint density at radius 2 is 2.30 bits per heavy atom. The molecule has 23 heavy (non-hydrogen) atoms. The summed E-state index contributed by atoms with van der Waals surface area (Å²) in [5.41, 5.74) is 1.10. The van der Waals surface area contributed by atoms with Crippen LogP contribution in [0.25, 0.3) is 0 Å². The van der Waals surface area contributed by atoms with Gasteiger partial charge in [0.25, 0.3) is 0 Å². The van der Waals surface area contributed by atoms with Crippen molar-refractivity contribution in [1.82, 2.24) is 14.5 Å². The molecule has 1 saturated heterocycles. The van der Waals surface area contributed by atoms with Gasteiger partial charge in [-0.15, -0.1) is 11.8 Å². The molecule has 0 unspecified atom stereocenters. The number of hydrogen-bond donors (Lipinski definition) is 0. The predicted molar refractivity (Wildman–Crippen MR) is 93.7 cm³/mol. The summed E-state index contributed by atoms with van der Waals surface area (Å²) < 4.78 is 2.07. The van der Waals surface area contributed by atoms with E-state index in [2.05, 4.69) is 27.9 Å². The van der Waals surface area contributed by atoms with E-state index < -0.39 is 0 Å². The molecule has 2 aromatic rings. The Bertz CT molecular complexity index is 682. The van der Waals surface area contributed by atoms with Crippen molar-refractivity contribution in [2.45, 2.75) is 30.1 Å². The molecule has 2 heterocycles. The van der Waals surface area contributed by atoms with E-state index in [9.17, 15) is 4.79 Å². The quantitative estimate of drug-likeness (QED) is 0.809. The van der Waals surface area contributed by atoms with E-state index in [4.69, 9.17) is 0 Å². The fraction of sp³-hybridized carbons (Fsp3) is 0.444. The van der Waals surface area contributed by atoms with Crippen molar-refractivity contribution in [1.29, 1.82) is 0 Å². The Labute approximate surface area is 141 Å². The molecular weight excluding hydrogens is 306 g/mol. The molecule has 0 radical (unpaired) electrons. The minimum atomic E-state index is 0.224. The molecule has 1 aliphatic rings. The average molecular weight is 329 g/mol. The van der Waals surface area contributed by atoms with E-state index in [1.165, 1.54) is 4.90 Å². The third-order valence-electron chi connectivity index (χ3n) is 4.49. The van der Waals surface area contributed by atoms with Crippen molar-refractivity contribution >= 4 is 17.7 Å². The van der Waals surface area contributed by atoms with Gasteiger partial charge in [-0.05, 0) is 36.8 Å². The highest BCUT2D eigenvalue weighted by atomic mass is 32.2. The summed E-state index contributed by atoms with van der Waals surface area (Å²) in [5, 5.41) is 0. The van der Waals surface area contributed by atoms with Crippen molar-refractivity contribution < 1.29 is 4.79 Å². The van der Waals surface area contributed by atoms with Gasteiger partial charge in [0.1, 0.15) is 5.82 Å². The van der Waals surface area contributed by atoms with Gasteiger partial charge in [-0.2, -0.15) is 0 Å². The number of thioether (sulfide) groups is 1. The lowest BCUT2D eigenvalue weighted by Crippen LogP contribution is -2.40. The normalized spacial score (nSPS) is 18.2. The molecule has 122 valence electrons. The highest BCUT2D eigenvalue weighted by Gasteiger charge is 2.26. The van der Waals surface area contributed by atoms with Gasteiger partial charge in [-0.3, -0.25) is 4.79 Å². The van der Waals surface area contributed by atoms with Gasteiger partial charge in [0.05, 0.1) is 6.42 Å². The third kappa shape index (κ3) is 3.78. The Hall–Kier alpha value is -1.75. The second-order valence-corrected chi connectivity index (χ2v) is 6.98. The molecule has 0 bridgehead atoms. The zero-order valence-corrected chi connectivity index (χ0v) is 14.6. The van der Waals surface area contributed by atoms with Gasteiger partial charge in [0, 0.05) is 43.3 Å². The molecule has 3 rings (SSSR count). The SMILES string of the molecule is CSc1cccc(CC(=O)N2CCC[C@H](c3nccn3C)C2)c1. The predicted octanol–water partition coefficient (Wildman–Crippen LogP) is 3.09. The first kappa shape index (κ1) is 16.1. The van der Waals surface area contributed by atoms with Crippen LogP contribution in [-0.2, 0) is 18.3 Å². The van der Waals surface area contributed by atoms with Crippen molar-refractivity contribution in [3.05, 3.63) is 48.0 Å². The number of imidazole rings is 1. The summed E-state index contributed by atoms with van der Waals surface area (Å²) in [6, 6.07) is 8.26. The number of hydrogen-bond acceptors (Lipinski definition) is 3. The Morgan fingerprint density at radius 1 is 1.43 bits per heavy atom. The van der Waals surface area contributed by atoms with E-state index in [0.29, 0.717) is 12.3 Å². The first-order chi connectivity index (χ1) is 11.2. The Balaban J connectivity index is 1.66. The number of carbonyl (C=O) groups excluding carboxylic acids is 1. The summed E-state index contributed by atoms with van der Waals surface area (Å²) in [7, 11) is 2.02. The molecule has 1 aromatic heterocycles. The number of rotatable bonds is 4. The van der Waals surface area contributed by atoms with Crippen LogP contribution in [0.2, 0.25) is 0 Å². The van der Waals surface area contributed by atoms with E-state index in [0.717, 1.165) is 37.3 Å². The van der Waals surface area contributed by atoms with Gasteiger partial charge >= 0.3 is 0 Å². The first-order valence-electron chi connectivity index (χ1n) is 8.05. The maximum absolute atomic E-state index is 12.7. The van der Waals surface area contributed by atoms with E-state index in [-0.39, 0.29) is 5.91 Å². The van der Waals surface area contributed by atoms with Crippen molar-refractivity contribution in [3.8, 4) is 0 Å². The van der Waals surface area contributed by atoms with Gasteiger partial charge in [-0.1, -0.05) is 12.1 Å². The summed E-state index contributed by atoms with van der Waals surface area (Å²) in [4.78, 5) is 20.3. The first-order valence-corrected chi connectivity index (χ1v) is 9.28. The molecule has 1 aromatic carbocycles. The maximum Gasteiger partial charge on any atom is 0.227 e. The van der Waals surface area contributed by atoms with Gasteiger partial charge in [-0.25, -0.2) is 4.98 Å². The maximum atomic E-state index is 12.7. The monoisotopic (exact) mass is 329 g/mol. The van der Waals surface area contributed by atoms with E-state index in [1.807, 2.05) is 36.5 Å². The van der Waals surface area contributed by atoms with Crippen LogP contribution in [0, 0.1) is 0 Å². The summed E-state index contributed by atoms with van der Waals surface area (Å²) in [6.07, 6.45) is 8.52. The van der Waals surface area contributed by atoms with Gasteiger partial charge in [0.2, 0.25) is 5.91 Å². The molecule has 1 aliphatic heterocycles. The Kier molecular flexibility index (Phi) is 5.06. The highest BCUT2D eigenvalue weighted by Crippen LogP contribution is 2.26. The van der Waals surface area contributed by atoms with Crippen molar-refractivity contribution in [3.63, 3.8) is 0 Å². The van der Waals surface area contributed by atoms with Crippen LogP contribution in [0.1, 0.15) is 30.1 Å². The lowest BCUT2D eigenvalue weighted by Gasteiger charge is -2.32. The lowest BCUT2D eigenvalue weighted by atomic mass is 9.96. The summed E-state index contributed by atoms with van der Waals surface area (Å²) in [5.74, 6) is 1.67. The Morgan fingerprint density at radius 3 is 3.04 bits per heavy atom. The molecule has 4 nitrogen and oxygen atoms in total. The van der Waals surface area contributed by atoms with Crippen LogP contribution < -0.4 is 0 Å². The van der Waals surface area contributed by atoms with Gasteiger partial charge < -0.3 is 9.47 Å². The second-order valence-electron chi connectivity index (χ2n) is 6.10. The number of aryl methyl sites for hydroxylation is 1. The molecule has 1 fully saturated rings. The van der Waals surface area contributed by atoms with Crippen molar-refractivity contribution in [2.24, 2.45) is 7.05 Å². The van der Waals surface area contributed by atoms with E-state index in [1.54, 1.807) is 11.8 Å². The minimum absolute atomic E-state index is 0.224. The zero-order valence-electron chi connectivity index (χ0n) is 13.7. The minimum Gasteiger partial charge on any atom is -0.342 e. The van der Waals surface area contributed by atoms with E-state index >= 15 is 0 Å². The summed E-state index contributed by atoms with van der Waals surface area (Å²) >= 11 is 1.71. The second kappa shape index (κ2) is 7.21. The molecule has 0 saturated carbocycles. The zero-order chi connectivity index (χ0) is 16.2. The van der Waals surface area contributed by atoms with Crippen LogP contribution in [0.3, 0.4) is 0 Å². The van der Waals surface area contributed by atoms with Crippen molar-refractivity contribution in [2.75, 3.05) is 19.3 Å². The number of nitrogens with zero attached hydrogens (tertiary/aromatic N) is 3. The molecule has 0 spiro atoms. The molecule has 5 heteroatoms. The van der Waals surface area contributed by atoms with Crippen LogP contribution >= 0.6 is 11.8 Å². The molecule has 0 aliphatic carbocycles. The standard InChI is InChI=1S/C18H23N3OS/c1-20-10-8-19-18(20)15-6-4-9-21(13-15)17(22)12-14-5-3-7-16(11-14)23-2/h3,5,7-8,10-11,15H,4,6,9,12-13H2,1-2H3/t15-/m0/s1. The molecule has 0 N–H and O–H groups in total. The number of aromatic nitrogens is 2. The van der Waals surface area contributed by atoms with Crippen LogP contribution in [-0.4, -0.2) is 39.7 Å². The van der Waals surface area contributed by atoms with Crippen LogP contribution in [0.4, 0.5) is 0 Å². The molecule has 1 atom stereocenters. The smallest absolute Gasteiger partial charge is 0.227 e. The molecule has 1 amide bonds. The fourth-order valence-corrected chi connectivity index (χ4v) is 3.74. The summed E-state index contributed by atoms with van der Waals surface area (Å²) in [6.45, 7) is 1.65. The van der Waals surface area contributed by atoms with Gasteiger partial charge in [0.15, 0.2) is 0 Å². The number of carbonyl (C=O) groups is 1. The fourth-order valence-electron chi connectivity index (χ4n) is 3.25. The number of amides is 1.